The van der Waals surface area contributed by atoms with Crippen molar-refractivity contribution in [3.8, 4) is 22.5 Å². The van der Waals surface area contributed by atoms with Crippen molar-refractivity contribution in [1.29, 1.82) is 0 Å². The van der Waals surface area contributed by atoms with Crippen molar-refractivity contribution in [2.24, 2.45) is 5.14 Å². The molecule has 9 heteroatoms. The third-order valence-corrected chi connectivity index (χ3v) is 6.05. The third-order valence-electron chi connectivity index (χ3n) is 5.31. The van der Waals surface area contributed by atoms with E-state index in [-0.39, 0.29) is 5.75 Å². The fourth-order valence-electron chi connectivity index (χ4n) is 3.83. The highest BCUT2D eigenvalue weighted by Gasteiger charge is 2.16. The molecule has 8 nitrogen and oxygen atoms in total. The minimum absolute atomic E-state index is 0.254. The molecule has 5 rings (SSSR count). The lowest BCUT2D eigenvalue weighted by Crippen LogP contribution is -2.14. The zero-order valence-corrected chi connectivity index (χ0v) is 19.0. The number of sulfonamides is 1. The Morgan fingerprint density at radius 2 is 1.71 bits per heavy atom. The van der Waals surface area contributed by atoms with E-state index in [2.05, 4.69) is 10.3 Å². The van der Waals surface area contributed by atoms with Crippen molar-refractivity contribution in [3.05, 3.63) is 103 Å². The number of anilines is 1. The number of nitrogens with zero attached hydrogens (tertiary/aromatic N) is 4. The van der Waals surface area contributed by atoms with Crippen LogP contribution in [0.1, 0.15) is 11.3 Å². The number of nitrogens with two attached hydrogens (primary N) is 1. The van der Waals surface area contributed by atoms with E-state index in [0.717, 1.165) is 22.3 Å². The Morgan fingerprint density at radius 3 is 2.47 bits per heavy atom. The van der Waals surface area contributed by atoms with Crippen LogP contribution in [-0.4, -0.2) is 28.0 Å². The van der Waals surface area contributed by atoms with Crippen LogP contribution < -0.4 is 10.5 Å². The average molecular weight is 471 g/mol. The molecule has 0 spiro atoms. The predicted molar refractivity (Wildman–Crippen MR) is 132 cm³/mol. The zero-order chi connectivity index (χ0) is 23.5. The number of hydrogen-bond donors (Lipinski definition) is 2. The van der Waals surface area contributed by atoms with Gasteiger partial charge in [0.2, 0.25) is 10.0 Å². The lowest BCUT2D eigenvalue weighted by molar-refractivity contribution is 0.597. The van der Waals surface area contributed by atoms with E-state index < -0.39 is 10.0 Å². The van der Waals surface area contributed by atoms with Gasteiger partial charge in [-0.15, -0.1) is 5.10 Å². The number of fused-ring (bicyclic) bond motifs is 1. The van der Waals surface area contributed by atoms with Crippen LogP contribution in [0.15, 0.2) is 91.3 Å². The maximum absolute atomic E-state index is 11.6. The summed E-state index contributed by atoms with van der Waals surface area (Å²) >= 11 is 0. The molecule has 0 radical (unpaired) electrons. The van der Waals surface area contributed by atoms with Crippen LogP contribution in [0.2, 0.25) is 0 Å². The number of hydrogen-bond acceptors (Lipinski definition) is 6. The highest BCUT2D eigenvalue weighted by Crippen LogP contribution is 2.31. The molecule has 0 fully saturated rings. The Morgan fingerprint density at radius 1 is 0.912 bits per heavy atom. The van der Waals surface area contributed by atoms with Gasteiger partial charge in [-0.1, -0.05) is 54.6 Å². The number of benzene rings is 2. The quantitative estimate of drug-likeness (QED) is 0.373. The Balaban J connectivity index is 1.61. The molecule has 3 heterocycles. The fourth-order valence-corrected chi connectivity index (χ4v) is 4.47. The molecule has 0 saturated heterocycles. The van der Waals surface area contributed by atoms with Crippen LogP contribution in [0.25, 0.3) is 28.0 Å². The highest BCUT2D eigenvalue weighted by atomic mass is 32.2. The summed E-state index contributed by atoms with van der Waals surface area (Å²) in [7, 11) is -3.65. The average Bonchev–Trinajstić information content (AvgIpc) is 3.27. The minimum Gasteiger partial charge on any atom is -0.363 e. The first-order chi connectivity index (χ1) is 16.5. The summed E-state index contributed by atoms with van der Waals surface area (Å²) in [4.78, 5) is 9.22. The summed E-state index contributed by atoms with van der Waals surface area (Å²) < 4.78 is 24.9. The molecule has 170 valence electrons. The topological polar surface area (TPSA) is 115 Å². The van der Waals surface area contributed by atoms with Gasteiger partial charge in [0.25, 0.3) is 0 Å². The molecular weight excluding hydrogens is 448 g/mol. The van der Waals surface area contributed by atoms with Gasteiger partial charge in [-0.3, -0.25) is 4.98 Å². The monoisotopic (exact) mass is 470 g/mol. The Bertz CT molecular complexity index is 1550. The molecule has 0 aliphatic rings. The molecule has 2 aromatic carbocycles. The molecule has 0 amide bonds. The second kappa shape index (κ2) is 9.05. The van der Waals surface area contributed by atoms with Crippen molar-refractivity contribution in [3.63, 3.8) is 0 Å². The number of primary sulfonamides is 1. The highest BCUT2D eigenvalue weighted by molar-refractivity contribution is 7.88. The Hall–Kier alpha value is -4.08. The van der Waals surface area contributed by atoms with Gasteiger partial charge in [0.1, 0.15) is 5.52 Å². The van der Waals surface area contributed by atoms with Crippen LogP contribution in [-0.2, 0) is 22.3 Å². The first kappa shape index (κ1) is 21.7. The molecule has 34 heavy (non-hydrogen) atoms. The lowest BCUT2D eigenvalue weighted by Gasteiger charge is -2.12. The summed E-state index contributed by atoms with van der Waals surface area (Å²) in [6.07, 6.45) is 3.64. The molecule has 0 bridgehead atoms. The van der Waals surface area contributed by atoms with Gasteiger partial charge in [-0.2, -0.15) is 0 Å². The van der Waals surface area contributed by atoms with E-state index in [9.17, 15) is 8.42 Å². The number of pyridine rings is 1. The maximum Gasteiger partial charge on any atom is 0.213 e. The van der Waals surface area contributed by atoms with Crippen LogP contribution >= 0.6 is 0 Å². The molecule has 0 saturated carbocycles. The van der Waals surface area contributed by atoms with Gasteiger partial charge >= 0.3 is 0 Å². The second-order valence-corrected chi connectivity index (χ2v) is 9.47. The van der Waals surface area contributed by atoms with E-state index in [1.165, 1.54) is 0 Å². The molecular formula is C25H22N6O2S. The molecule has 0 unspecified atom stereocenters. The van der Waals surface area contributed by atoms with Crippen molar-refractivity contribution in [2.45, 2.75) is 12.3 Å². The third kappa shape index (κ3) is 4.80. The summed E-state index contributed by atoms with van der Waals surface area (Å²) in [5, 5.41) is 13.4. The SMILES string of the molecule is NS(=O)(=O)Cc1cccc(-c2nc(NCc3ccccn3)c3c(-c4ccccc4)ccn3n2)c1. The van der Waals surface area contributed by atoms with Crippen LogP contribution in [0, 0.1) is 0 Å². The van der Waals surface area contributed by atoms with Gasteiger partial charge in [0, 0.05) is 23.5 Å². The Kier molecular flexibility index (Phi) is 5.79. The normalized spacial score (nSPS) is 11.6. The van der Waals surface area contributed by atoms with Crippen LogP contribution in [0.3, 0.4) is 0 Å². The van der Waals surface area contributed by atoms with E-state index in [1.807, 2.05) is 66.9 Å². The maximum atomic E-state index is 11.6. The first-order valence-corrected chi connectivity index (χ1v) is 12.4. The molecule has 0 atom stereocenters. The largest absolute Gasteiger partial charge is 0.363 e. The Labute approximate surface area is 197 Å². The van der Waals surface area contributed by atoms with Gasteiger partial charge < -0.3 is 5.32 Å². The van der Waals surface area contributed by atoms with Crippen LogP contribution in [0.5, 0.6) is 0 Å². The second-order valence-electron chi connectivity index (χ2n) is 7.85. The summed E-state index contributed by atoms with van der Waals surface area (Å²) in [5.41, 5.74) is 5.04. The number of rotatable bonds is 7. The standard InChI is InChI=1S/C25H22N6O2S/c26-34(32,33)17-18-7-6-10-20(15-18)24-29-25(28-16-21-11-4-5-13-27-21)23-22(12-14-31(23)30-24)19-8-2-1-3-9-19/h1-15H,16-17H2,(H2,26,32,33)(H,28,29,30). The summed E-state index contributed by atoms with van der Waals surface area (Å²) in [6, 6.07) is 24.9. The van der Waals surface area contributed by atoms with E-state index >= 15 is 0 Å². The summed E-state index contributed by atoms with van der Waals surface area (Å²) in [6.45, 7) is 0.484. The van der Waals surface area contributed by atoms with Gasteiger partial charge in [-0.05, 0) is 35.4 Å². The minimum atomic E-state index is -3.65. The van der Waals surface area contributed by atoms with Gasteiger partial charge in [0.15, 0.2) is 11.6 Å². The predicted octanol–water partition coefficient (Wildman–Crippen LogP) is 3.86. The molecule has 3 aromatic heterocycles. The fraction of sp³-hybridized carbons (Fsp3) is 0.0800. The van der Waals surface area contributed by atoms with E-state index in [0.29, 0.717) is 29.3 Å². The number of aromatic nitrogens is 4. The van der Waals surface area contributed by atoms with Crippen molar-refractivity contribution in [2.75, 3.05) is 5.32 Å². The van der Waals surface area contributed by atoms with Crippen molar-refractivity contribution < 1.29 is 8.42 Å². The van der Waals surface area contributed by atoms with E-state index in [1.54, 1.807) is 28.9 Å². The first-order valence-electron chi connectivity index (χ1n) is 10.6. The van der Waals surface area contributed by atoms with E-state index in [4.69, 9.17) is 15.2 Å². The smallest absolute Gasteiger partial charge is 0.213 e. The zero-order valence-electron chi connectivity index (χ0n) is 18.2. The summed E-state index contributed by atoms with van der Waals surface area (Å²) in [5.74, 6) is 0.856. The van der Waals surface area contributed by atoms with Gasteiger partial charge in [0.05, 0.1) is 18.0 Å². The molecule has 5 aromatic rings. The lowest BCUT2D eigenvalue weighted by atomic mass is 10.1. The van der Waals surface area contributed by atoms with Gasteiger partial charge in [-0.25, -0.2) is 23.1 Å². The molecule has 0 aliphatic carbocycles. The number of nitrogens with one attached hydrogen (secondary N) is 1. The molecule has 3 N–H and O–H groups in total. The van der Waals surface area contributed by atoms with Crippen LogP contribution in [0.4, 0.5) is 5.82 Å². The van der Waals surface area contributed by atoms with Crippen molar-refractivity contribution >= 4 is 21.4 Å². The van der Waals surface area contributed by atoms with Crippen molar-refractivity contribution in [1.82, 2.24) is 19.6 Å². The molecule has 0 aliphatic heterocycles.